The molecule has 2 rings (SSSR count). The predicted molar refractivity (Wildman–Crippen MR) is 81.6 cm³/mol. The molecule has 7 heteroatoms. The Balaban J connectivity index is 2.09. The average Bonchev–Trinajstić information content (AvgIpc) is 2.99. The lowest BCUT2D eigenvalue weighted by Gasteiger charge is -2.16. The average molecular weight is 292 g/mol. The third-order valence-electron chi connectivity index (χ3n) is 3.47. The molecule has 1 heterocycles. The molecule has 0 saturated carbocycles. The summed E-state index contributed by atoms with van der Waals surface area (Å²) in [6, 6.07) is 5.01. The van der Waals surface area contributed by atoms with Crippen LogP contribution in [0.25, 0.3) is 0 Å². The number of nitro benzene ring substituents is 1. The van der Waals surface area contributed by atoms with E-state index in [4.69, 9.17) is 0 Å². The molecule has 1 aliphatic heterocycles. The van der Waals surface area contributed by atoms with Gasteiger partial charge in [-0.15, -0.1) is 0 Å². The summed E-state index contributed by atoms with van der Waals surface area (Å²) < 4.78 is 0. The summed E-state index contributed by atoms with van der Waals surface area (Å²) in [4.78, 5) is 24.6. The highest BCUT2D eigenvalue weighted by Gasteiger charge is 2.21. The number of benzene rings is 1. The number of para-hydroxylation sites is 1. The highest BCUT2D eigenvalue weighted by molar-refractivity contribution is 5.84. The van der Waals surface area contributed by atoms with Crippen molar-refractivity contribution in [2.45, 2.75) is 19.8 Å². The third-order valence-corrected chi connectivity index (χ3v) is 3.47. The first kappa shape index (κ1) is 15.1. The number of carbonyl (C=O) groups excluding carboxylic acids is 1. The first-order valence-corrected chi connectivity index (χ1v) is 7.16. The zero-order chi connectivity index (χ0) is 15.2. The van der Waals surface area contributed by atoms with E-state index in [1.165, 1.54) is 0 Å². The minimum Gasteiger partial charge on any atom is -0.380 e. The van der Waals surface area contributed by atoms with Crippen LogP contribution in [0.3, 0.4) is 0 Å². The fraction of sp³-hybridized carbons (Fsp3) is 0.500. The standard InChI is InChI=1S/C14H20N4O3/c1-2-15-11-6-5-7-12(14(11)18(20)21)16-10-13(19)17-8-3-4-9-17/h5-7,15-16H,2-4,8-10H2,1H3. The van der Waals surface area contributed by atoms with Gasteiger partial charge in [-0.05, 0) is 31.9 Å². The van der Waals surface area contributed by atoms with E-state index >= 15 is 0 Å². The molecular weight excluding hydrogens is 272 g/mol. The van der Waals surface area contributed by atoms with E-state index in [0.717, 1.165) is 25.9 Å². The third kappa shape index (κ3) is 3.62. The van der Waals surface area contributed by atoms with Gasteiger partial charge in [0.25, 0.3) is 0 Å². The van der Waals surface area contributed by atoms with Crippen molar-refractivity contribution >= 4 is 23.0 Å². The molecular formula is C14H20N4O3. The molecule has 0 atom stereocenters. The SMILES string of the molecule is CCNc1cccc(NCC(=O)N2CCCC2)c1[N+](=O)[O-]. The Morgan fingerprint density at radius 3 is 2.48 bits per heavy atom. The molecule has 0 aliphatic carbocycles. The maximum absolute atomic E-state index is 12.0. The summed E-state index contributed by atoms with van der Waals surface area (Å²) in [5, 5.41) is 17.1. The second-order valence-corrected chi connectivity index (χ2v) is 4.93. The first-order valence-electron chi connectivity index (χ1n) is 7.16. The molecule has 0 unspecified atom stereocenters. The molecule has 1 aliphatic rings. The van der Waals surface area contributed by atoms with Crippen LogP contribution in [0.15, 0.2) is 18.2 Å². The minimum absolute atomic E-state index is 0.0179. The fourth-order valence-electron chi connectivity index (χ4n) is 2.47. The van der Waals surface area contributed by atoms with Gasteiger partial charge < -0.3 is 15.5 Å². The number of likely N-dealkylation sites (tertiary alicyclic amines) is 1. The van der Waals surface area contributed by atoms with Gasteiger partial charge in [0, 0.05) is 19.6 Å². The normalized spacial score (nSPS) is 14.0. The summed E-state index contributed by atoms with van der Waals surface area (Å²) in [6.07, 6.45) is 2.06. The van der Waals surface area contributed by atoms with E-state index in [-0.39, 0.29) is 18.1 Å². The number of nitrogens with zero attached hydrogens (tertiary/aromatic N) is 2. The monoisotopic (exact) mass is 292 g/mol. The number of nitro groups is 1. The van der Waals surface area contributed by atoms with Crippen molar-refractivity contribution in [1.82, 2.24) is 4.90 Å². The summed E-state index contributed by atoms with van der Waals surface area (Å²) >= 11 is 0. The Hall–Kier alpha value is -2.31. The van der Waals surface area contributed by atoms with Crippen LogP contribution >= 0.6 is 0 Å². The number of rotatable bonds is 6. The van der Waals surface area contributed by atoms with Gasteiger partial charge in [0.1, 0.15) is 11.4 Å². The van der Waals surface area contributed by atoms with E-state index in [2.05, 4.69) is 10.6 Å². The second kappa shape index (κ2) is 6.92. The molecule has 1 aromatic rings. The van der Waals surface area contributed by atoms with Crippen molar-refractivity contribution in [2.75, 3.05) is 36.8 Å². The van der Waals surface area contributed by atoms with Crippen LogP contribution in [-0.4, -0.2) is 41.9 Å². The zero-order valence-electron chi connectivity index (χ0n) is 12.1. The van der Waals surface area contributed by atoms with Crippen molar-refractivity contribution in [3.05, 3.63) is 28.3 Å². The smallest absolute Gasteiger partial charge is 0.315 e. The van der Waals surface area contributed by atoms with Crippen molar-refractivity contribution in [3.63, 3.8) is 0 Å². The van der Waals surface area contributed by atoms with Crippen molar-refractivity contribution < 1.29 is 9.72 Å². The molecule has 7 nitrogen and oxygen atoms in total. The first-order chi connectivity index (χ1) is 10.1. The fourth-order valence-corrected chi connectivity index (χ4v) is 2.47. The summed E-state index contributed by atoms with van der Waals surface area (Å²) in [5.74, 6) is -0.0179. The number of hydrogen-bond donors (Lipinski definition) is 2. The molecule has 21 heavy (non-hydrogen) atoms. The van der Waals surface area contributed by atoms with E-state index < -0.39 is 4.92 Å². The maximum atomic E-state index is 12.0. The van der Waals surface area contributed by atoms with Crippen LogP contribution in [0.4, 0.5) is 17.1 Å². The Labute approximate surface area is 123 Å². The molecule has 0 bridgehead atoms. The van der Waals surface area contributed by atoms with E-state index in [9.17, 15) is 14.9 Å². The topological polar surface area (TPSA) is 87.5 Å². The van der Waals surface area contributed by atoms with Gasteiger partial charge in [-0.1, -0.05) is 6.07 Å². The number of anilines is 2. The van der Waals surface area contributed by atoms with Gasteiger partial charge in [0.05, 0.1) is 11.5 Å². The van der Waals surface area contributed by atoms with Crippen LogP contribution in [0, 0.1) is 10.1 Å². The molecule has 0 radical (unpaired) electrons. The molecule has 1 amide bonds. The summed E-state index contributed by atoms with van der Waals surface area (Å²) in [7, 11) is 0. The van der Waals surface area contributed by atoms with Gasteiger partial charge in [0.2, 0.25) is 5.91 Å². The lowest BCUT2D eigenvalue weighted by Crippen LogP contribution is -2.33. The van der Waals surface area contributed by atoms with Crippen LogP contribution in [0.2, 0.25) is 0 Å². The van der Waals surface area contributed by atoms with E-state index in [1.54, 1.807) is 23.1 Å². The Morgan fingerprint density at radius 2 is 1.90 bits per heavy atom. The zero-order valence-corrected chi connectivity index (χ0v) is 12.1. The predicted octanol–water partition coefficient (Wildman–Crippen LogP) is 2.06. The number of carbonyl (C=O) groups is 1. The maximum Gasteiger partial charge on any atom is 0.315 e. The number of nitrogens with one attached hydrogen (secondary N) is 2. The molecule has 2 N–H and O–H groups in total. The van der Waals surface area contributed by atoms with E-state index in [0.29, 0.717) is 17.9 Å². The Kier molecular flexibility index (Phi) is 4.97. The lowest BCUT2D eigenvalue weighted by atomic mass is 10.2. The summed E-state index contributed by atoms with van der Waals surface area (Å²) in [6.45, 7) is 4.11. The molecule has 1 aromatic carbocycles. The molecule has 1 fully saturated rings. The Bertz CT molecular complexity index is 527. The van der Waals surface area contributed by atoms with Crippen molar-refractivity contribution in [1.29, 1.82) is 0 Å². The number of hydrogen-bond acceptors (Lipinski definition) is 5. The van der Waals surface area contributed by atoms with Gasteiger partial charge in [-0.3, -0.25) is 14.9 Å². The largest absolute Gasteiger partial charge is 0.380 e. The molecule has 114 valence electrons. The van der Waals surface area contributed by atoms with Crippen molar-refractivity contribution in [2.24, 2.45) is 0 Å². The van der Waals surface area contributed by atoms with Crippen molar-refractivity contribution in [3.8, 4) is 0 Å². The van der Waals surface area contributed by atoms with Gasteiger partial charge in [-0.2, -0.15) is 0 Å². The van der Waals surface area contributed by atoms with Crippen LogP contribution in [0.1, 0.15) is 19.8 Å². The van der Waals surface area contributed by atoms with Crippen LogP contribution in [0.5, 0.6) is 0 Å². The van der Waals surface area contributed by atoms with Gasteiger partial charge in [-0.25, -0.2) is 0 Å². The van der Waals surface area contributed by atoms with Gasteiger partial charge in [0.15, 0.2) is 0 Å². The highest BCUT2D eigenvalue weighted by Crippen LogP contribution is 2.32. The minimum atomic E-state index is -0.430. The second-order valence-electron chi connectivity index (χ2n) is 4.93. The van der Waals surface area contributed by atoms with E-state index in [1.807, 2.05) is 6.92 Å². The highest BCUT2D eigenvalue weighted by atomic mass is 16.6. The molecule has 0 aromatic heterocycles. The van der Waals surface area contributed by atoms with Crippen LogP contribution < -0.4 is 10.6 Å². The Morgan fingerprint density at radius 1 is 1.29 bits per heavy atom. The molecule has 0 spiro atoms. The van der Waals surface area contributed by atoms with Crippen LogP contribution in [-0.2, 0) is 4.79 Å². The lowest BCUT2D eigenvalue weighted by molar-refractivity contribution is -0.383. The number of amides is 1. The summed E-state index contributed by atoms with van der Waals surface area (Å²) in [5.41, 5.74) is 0.806. The van der Waals surface area contributed by atoms with Gasteiger partial charge >= 0.3 is 5.69 Å². The molecule has 1 saturated heterocycles. The quantitative estimate of drug-likeness (QED) is 0.619.